The molecule has 4 aromatic rings. The van der Waals surface area contributed by atoms with E-state index < -0.39 is 0 Å². The number of hydrazone groups is 2. The van der Waals surface area contributed by atoms with E-state index in [0.29, 0.717) is 0 Å². The molecule has 138 valence electrons. The highest BCUT2D eigenvalue weighted by molar-refractivity contribution is 6.04. The highest BCUT2D eigenvalue weighted by Crippen LogP contribution is 2.32. The van der Waals surface area contributed by atoms with Gasteiger partial charge < -0.3 is 0 Å². The number of rotatable bonds is 5. The number of aromatic nitrogens is 3. The second-order valence-electron chi connectivity index (χ2n) is 6.50. The van der Waals surface area contributed by atoms with Crippen molar-refractivity contribution in [2.75, 3.05) is 0 Å². The average molecular weight is 368 g/mol. The first-order valence-corrected chi connectivity index (χ1v) is 8.93. The molecule has 0 aliphatic carbocycles. The molecule has 0 saturated heterocycles. The van der Waals surface area contributed by atoms with E-state index in [1.54, 1.807) is 6.20 Å². The molecule has 0 saturated carbocycles. The molecule has 4 rings (SSSR count). The Hall–Kier alpha value is -3.80. The third-order valence-electron chi connectivity index (χ3n) is 4.58. The van der Waals surface area contributed by atoms with Gasteiger partial charge in [0.05, 0.1) is 23.2 Å². The Kier molecular flexibility index (Phi) is 4.68. The molecular weight excluding hydrogens is 348 g/mol. The number of nitrogens with zero attached hydrogens (tertiary/aromatic N) is 5. The van der Waals surface area contributed by atoms with Crippen molar-refractivity contribution in [3.8, 4) is 22.4 Å². The van der Waals surface area contributed by atoms with E-state index >= 15 is 0 Å². The van der Waals surface area contributed by atoms with Gasteiger partial charge in [-0.15, -0.1) is 0 Å². The molecule has 0 unspecified atom stereocenters. The molecule has 2 aromatic carbocycles. The maximum atomic E-state index is 4.70. The molecule has 2 heterocycles. The van der Waals surface area contributed by atoms with Crippen LogP contribution in [-0.2, 0) is 0 Å². The van der Waals surface area contributed by atoms with Gasteiger partial charge in [-0.05, 0) is 25.5 Å². The van der Waals surface area contributed by atoms with Crippen LogP contribution in [0, 0.1) is 6.92 Å². The standard InChI is InChI=1S/C22H20N6/c1-15-8-7-11-18(12-15)21-20(17-9-5-4-6-10-17)13-24-22-19(14-25-28(21)22)16(2)26-27-23-3/h4-14,27H,3H2,1-2H3/b26-16+. The Morgan fingerprint density at radius 1 is 1.04 bits per heavy atom. The van der Waals surface area contributed by atoms with Crippen LogP contribution in [0.4, 0.5) is 0 Å². The Balaban J connectivity index is 2.01. The first kappa shape index (κ1) is 17.6. The van der Waals surface area contributed by atoms with Crippen LogP contribution in [0.15, 0.2) is 77.2 Å². The van der Waals surface area contributed by atoms with Crippen molar-refractivity contribution in [2.45, 2.75) is 13.8 Å². The highest BCUT2D eigenvalue weighted by atomic mass is 15.5. The van der Waals surface area contributed by atoms with E-state index in [4.69, 9.17) is 4.98 Å². The van der Waals surface area contributed by atoms with Gasteiger partial charge in [0.2, 0.25) is 0 Å². The van der Waals surface area contributed by atoms with Crippen LogP contribution < -0.4 is 5.53 Å². The molecule has 2 aromatic heterocycles. The summed E-state index contributed by atoms with van der Waals surface area (Å²) in [5, 5.41) is 12.4. The number of nitrogens with one attached hydrogen (secondary N) is 1. The summed E-state index contributed by atoms with van der Waals surface area (Å²) in [6.45, 7) is 7.35. The van der Waals surface area contributed by atoms with E-state index in [1.807, 2.05) is 35.8 Å². The maximum absolute atomic E-state index is 4.70. The molecule has 6 nitrogen and oxygen atoms in total. The van der Waals surface area contributed by atoms with Crippen molar-refractivity contribution in [3.63, 3.8) is 0 Å². The summed E-state index contributed by atoms with van der Waals surface area (Å²) < 4.78 is 1.88. The fourth-order valence-electron chi connectivity index (χ4n) is 3.26. The van der Waals surface area contributed by atoms with E-state index in [2.05, 4.69) is 70.9 Å². The predicted octanol–water partition coefficient (Wildman–Crippen LogP) is 4.30. The second-order valence-corrected chi connectivity index (χ2v) is 6.50. The van der Waals surface area contributed by atoms with Crippen LogP contribution >= 0.6 is 0 Å². The minimum Gasteiger partial charge on any atom is -0.236 e. The molecule has 0 atom stereocenters. The maximum Gasteiger partial charge on any atom is 0.164 e. The lowest BCUT2D eigenvalue weighted by atomic mass is 9.99. The SMILES string of the molecule is C=NN/N=C(\C)c1cnn2c(-c3cccc(C)c3)c(-c3ccccc3)cnc12. The van der Waals surface area contributed by atoms with Gasteiger partial charge in [0.15, 0.2) is 5.65 Å². The smallest absolute Gasteiger partial charge is 0.164 e. The molecule has 0 spiro atoms. The van der Waals surface area contributed by atoms with E-state index in [9.17, 15) is 0 Å². The molecule has 0 bridgehead atoms. The van der Waals surface area contributed by atoms with Crippen molar-refractivity contribution in [2.24, 2.45) is 10.2 Å². The second kappa shape index (κ2) is 7.44. The zero-order valence-corrected chi connectivity index (χ0v) is 15.8. The van der Waals surface area contributed by atoms with Gasteiger partial charge >= 0.3 is 0 Å². The Labute approximate surface area is 163 Å². The molecule has 0 fully saturated rings. The largest absolute Gasteiger partial charge is 0.236 e. The van der Waals surface area contributed by atoms with E-state index in [1.165, 1.54) is 5.56 Å². The summed E-state index contributed by atoms with van der Waals surface area (Å²) in [7, 11) is 0. The number of fused-ring (bicyclic) bond motifs is 1. The molecule has 6 heteroatoms. The van der Waals surface area contributed by atoms with Crippen molar-refractivity contribution in [3.05, 3.63) is 78.1 Å². The third-order valence-corrected chi connectivity index (χ3v) is 4.58. The molecular formula is C22H20N6. The fraction of sp³-hybridized carbons (Fsp3) is 0.0909. The van der Waals surface area contributed by atoms with Crippen LogP contribution in [-0.4, -0.2) is 27.0 Å². The summed E-state index contributed by atoms with van der Waals surface area (Å²) in [4.78, 5) is 4.70. The van der Waals surface area contributed by atoms with Gasteiger partial charge in [-0.1, -0.05) is 54.1 Å². The molecule has 28 heavy (non-hydrogen) atoms. The number of hydrogen-bond donors (Lipinski definition) is 1. The summed E-state index contributed by atoms with van der Waals surface area (Å²) in [5.74, 6) is 0. The fourth-order valence-corrected chi connectivity index (χ4v) is 3.26. The average Bonchev–Trinajstić information content (AvgIpc) is 3.16. The van der Waals surface area contributed by atoms with Crippen molar-refractivity contribution < 1.29 is 0 Å². The molecule has 0 amide bonds. The van der Waals surface area contributed by atoms with Crippen molar-refractivity contribution >= 4 is 18.1 Å². The molecule has 0 aliphatic heterocycles. The van der Waals surface area contributed by atoms with Gasteiger partial charge in [-0.2, -0.15) is 20.8 Å². The summed E-state index contributed by atoms with van der Waals surface area (Å²) in [6, 6.07) is 18.6. The van der Waals surface area contributed by atoms with E-state index in [-0.39, 0.29) is 0 Å². The number of aryl methyl sites for hydroxylation is 1. The Morgan fingerprint density at radius 2 is 1.82 bits per heavy atom. The summed E-state index contributed by atoms with van der Waals surface area (Å²) in [5.41, 5.74) is 10.2. The first-order chi connectivity index (χ1) is 13.7. The number of hydrogen-bond acceptors (Lipinski definition) is 5. The van der Waals surface area contributed by atoms with Crippen molar-refractivity contribution in [1.29, 1.82) is 0 Å². The lowest BCUT2D eigenvalue weighted by Gasteiger charge is -2.13. The zero-order chi connectivity index (χ0) is 19.5. The highest BCUT2D eigenvalue weighted by Gasteiger charge is 2.17. The predicted molar refractivity (Wildman–Crippen MR) is 113 cm³/mol. The molecule has 0 aliphatic rings. The monoisotopic (exact) mass is 368 g/mol. The van der Waals surface area contributed by atoms with Gasteiger partial charge in [-0.25, -0.2) is 9.50 Å². The Morgan fingerprint density at radius 3 is 2.57 bits per heavy atom. The lowest BCUT2D eigenvalue weighted by molar-refractivity contribution is 0.816. The van der Waals surface area contributed by atoms with Crippen LogP contribution in [0.25, 0.3) is 28.0 Å². The molecule has 1 N–H and O–H groups in total. The van der Waals surface area contributed by atoms with Gasteiger partial charge in [-0.3, -0.25) is 0 Å². The van der Waals surface area contributed by atoms with Gasteiger partial charge in [0.25, 0.3) is 0 Å². The Bertz CT molecular complexity index is 1170. The summed E-state index contributed by atoms with van der Waals surface area (Å²) in [6.07, 6.45) is 3.68. The van der Waals surface area contributed by atoms with Crippen LogP contribution in [0.5, 0.6) is 0 Å². The van der Waals surface area contributed by atoms with Crippen LogP contribution in [0.1, 0.15) is 18.1 Å². The minimum atomic E-state index is 0.734. The van der Waals surface area contributed by atoms with Gasteiger partial charge in [0.1, 0.15) is 0 Å². The normalized spacial score (nSPS) is 11.6. The molecule has 0 radical (unpaired) electrons. The first-order valence-electron chi connectivity index (χ1n) is 8.93. The van der Waals surface area contributed by atoms with E-state index in [0.717, 1.165) is 39.3 Å². The quantitative estimate of drug-likeness (QED) is 0.422. The summed E-state index contributed by atoms with van der Waals surface area (Å²) >= 11 is 0. The topological polar surface area (TPSA) is 66.9 Å². The minimum absolute atomic E-state index is 0.734. The zero-order valence-electron chi connectivity index (χ0n) is 15.8. The van der Waals surface area contributed by atoms with Gasteiger partial charge in [0, 0.05) is 24.0 Å². The van der Waals surface area contributed by atoms with Crippen LogP contribution in [0.3, 0.4) is 0 Å². The van der Waals surface area contributed by atoms with Crippen molar-refractivity contribution in [1.82, 2.24) is 20.1 Å². The third kappa shape index (κ3) is 3.16. The van der Waals surface area contributed by atoms with Crippen LogP contribution in [0.2, 0.25) is 0 Å². The lowest BCUT2D eigenvalue weighted by Crippen LogP contribution is -2.04. The number of benzene rings is 2.